The monoisotopic (exact) mass is 454 g/mol. The molecule has 3 atom stereocenters. The Bertz CT molecular complexity index is 954. The third kappa shape index (κ3) is 4.28. The zero-order valence-corrected chi connectivity index (χ0v) is 17.6. The number of rotatable bonds is 5. The fraction of sp³-hybridized carbons (Fsp3) is 0.421. The number of hydrogen-bond donors (Lipinski definition) is 2. The maximum atomic E-state index is 12.5. The molecule has 1 aromatic heterocycles. The SMILES string of the molecule is C[C@H]1C[C@H]2CSC(N)=NC2(c2nc(NC(=O)c3ccc(OC(F)F)cc3)cs2)CO1. The minimum atomic E-state index is -2.91. The second-order valence-electron chi connectivity index (χ2n) is 7.13. The van der Waals surface area contributed by atoms with Gasteiger partial charge in [0, 0.05) is 22.6 Å². The molecule has 2 aliphatic heterocycles. The molecule has 2 aliphatic rings. The third-order valence-electron chi connectivity index (χ3n) is 5.08. The molecule has 0 spiro atoms. The molecule has 1 aromatic carbocycles. The number of hydrogen-bond acceptors (Lipinski definition) is 8. The first kappa shape index (κ1) is 21.0. The number of ether oxygens (including phenoxy) is 2. The fourth-order valence-electron chi connectivity index (χ4n) is 3.59. The summed E-state index contributed by atoms with van der Waals surface area (Å²) >= 11 is 2.94. The van der Waals surface area contributed by atoms with Crippen LogP contribution in [0.4, 0.5) is 14.6 Å². The highest BCUT2D eigenvalue weighted by Gasteiger charge is 2.49. The van der Waals surface area contributed by atoms with Crippen LogP contribution in [-0.4, -0.2) is 41.1 Å². The lowest BCUT2D eigenvalue weighted by molar-refractivity contribution is -0.0498. The molecule has 1 saturated heterocycles. The molecule has 11 heteroatoms. The molecular weight excluding hydrogens is 434 g/mol. The van der Waals surface area contributed by atoms with E-state index in [-0.39, 0.29) is 17.8 Å². The molecular formula is C19H20F2N4O3S2. The first-order chi connectivity index (χ1) is 14.4. The lowest BCUT2D eigenvalue weighted by atomic mass is 9.80. The number of halogens is 2. The smallest absolute Gasteiger partial charge is 0.387 e. The Morgan fingerprint density at radius 1 is 1.40 bits per heavy atom. The van der Waals surface area contributed by atoms with Gasteiger partial charge < -0.3 is 20.5 Å². The van der Waals surface area contributed by atoms with Crippen LogP contribution in [0.5, 0.6) is 5.75 Å². The van der Waals surface area contributed by atoms with Gasteiger partial charge in [-0.3, -0.25) is 4.79 Å². The van der Waals surface area contributed by atoms with E-state index in [0.29, 0.717) is 23.2 Å². The molecule has 4 rings (SSSR count). The molecule has 2 aromatic rings. The normalized spacial score (nSPS) is 26.1. The molecule has 0 saturated carbocycles. The van der Waals surface area contributed by atoms with Crippen LogP contribution in [0.3, 0.4) is 0 Å². The average Bonchev–Trinajstić information content (AvgIpc) is 3.17. The van der Waals surface area contributed by atoms with Crippen LogP contribution in [-0.2, 0) is 10.3 Å². The highest BCUT2D eigenvalue weighted by Crippen LogP contribution is 2.47. The minimum Gasteiger partial charge on any atom is -0.435 e. The van der Waals surface area contributed by atoms with Crippen molar-refractivity contribution < 1.29 is 23.0 Å². The number of carbonyl (C=O) groups is 1. The number of nitrogens with two attached hydrogens (primary N) is 1. The van der Waals surface area contributed by atoms with Gasteiger partial charge in [-0.2, -0.15) is 8.78 Å². The van der Waals surface area contributed by atoms with Gasteiger partial charge >= 0.3 is 6.61 Å². The van der Waals surface area contributed by atoms with Gasteiger partial charge in [-0.05, 0) is 37.6 Å². The summed E-state index contributed by atoms with van der Waals surface area (Å²) in [6.45, 7) is -0.475. The number of fused-ring (bicyclic) bond motifs is 1. The number of amidine groups is 1. The van der Waals surface area contributed by atoms with Gasteiger partial charge in [0.2, 0.25) is 0 Å². The van der Waals surface area contributed by atoms with Crippen LogP contribution in [0.1, 0.15) is 28.7 Å². The number of carbonyl (C=O) groups excluding carboxylic acids is 1. The number of anilines is 1. The number of benzene rings is 1. The highest BCUT2D eigenvalue weighted by molar-refractivity contribution is 8.13. The van der Waals surface area contributed by atoms with E-state index in [1.54, 1.807) is 17.1 Å². The maximum absolute atomic E-state index is 12.5. The highest BCUT2D eigenvalue weighted by atomic mass is 32.2. The number of amides is 1. The lowest BCUT2D eigenvalue weighted by Gasteiger charge is -2.44. The van der Waals surface area contributed by atoms with Crippen LogP contribution in [0.15, 0.2) is 34.6 Å². The predicted octanol–water partition coefficient (Wildman–Crippen LogP) is 3.68. The summed E-state index contributed by atoms with van der Waals surface area (Å²) in [6.07, 6.45) is 1.01. The van der Waals surface area contributed by atoms with Gasteiger partial charge in [-0.1, -0.05) is 11.8 Å². The number of thiazole rings is 1. The molecule has 1 amide bonds. The molecule has 3 N–H and O–H groups in total. The average molecular weight is 455 g/mol. The van der Waals surface area contributed by atoms with E-state index in [0.717, 1.165) is 17.2 Å². The minimum absolute atomic E-state index is 0.0141. The van der Waals surface area contributed by atoms with Crippen LogP contribution in [0.2, 0.25) is 0 Å². The van der Waals surface area contributed by atoms with Crippen molar-refractivity contribution in [1.82, 2.24) is 4.98 Å². The number of nitrogens with one attached hydrogen (secondary N) is 1. The van der Waals surface area contributed by atoms with Crippen molar-refractivity contribution in [3.05, 3.63) is 40.2 Å². The Balaban J connectivity index is 1.51. The zero-order chi connectivity index (χ0) is 21.3. The standard InChI is InChI=1S/C19H20F2N4O3S2/c1-10-6-12-7-30-18(22)25-19(12,9-27-10)16-24-14(8-29-16)23-15(26)11-2-4-13(5-3-11)28-17(20)21/h2-5,8,10,12,17H,6-7,9H2,1H3,(H2,22,25)(H,23,26)/t10-,12-,19?/m0/s1. The quantitative estimate of drug-likeness (QED) is 0.715. The molecule has 7 nitrogen and oxygen atoms in total. The summed E-state index contributed by atoms with van der Waals surface area (Å²) in [5, 5.41) is 5.74. The van der Waals surface area contributed by atoms with E-state index in [9.17, 15) is 13.6 Å². The van der Waals surface area contributed by atoms with E-state index in [1.165, 1.54) is 35.6 Å². The van der Waals surface area contributed by atoms with Gasteiger partial charge in [0.15, 0.2) is 5.17 Å². The molecule has 3 heterocycles. The summed E-state index contributed by atoms with van der Waals surface area (Å²) < 4.78 is 34.7. The van der Waals surface area contributed by atoms with Crippen molar-refractivity contribution in [3.63, 3.8) is 0 Å². The van der Waals surface area contributed by atoms with Gasteiger partial charge in [-0.25, -0.2) is 9.98 Å². The maximum Gasteiger partial charge on any atom is 0.387 e. The molecule has 0 radical (unpaired) electrons. The zero-order valence-electron chi connectivity index (χ0n) is 16.0. The number of thioether (sulfide) groups is 1. The first-order valence-corrected chi connectivity index (χ1v) is 11.1. The summed E-state index contributed by atoms with van der Waals surface area (Å²) in [6, 6.07) is 5.45. The van der Waals surface area contributed by atoms with Crippen molar-refractivity contribution in [2.45, 2.75) is 31.6 Å². The van der Waals surface area contributed by atoms with Crippen molar-refractivity contribution in [2.75, 3.05) is 17.7 Å². The van der Waals surface area contributed by atoms with Gasteiger partial charge in [0.05, 0.1) is 12.7 Å². The Kier molecular flexibility index (Phi) is 5.94. The summed E-state index contributed by atoms with van der Waals surface area (Å²) in [5.74, 6) is 1.07. The molecule has 1 unspecified atom stereocenters. The van der Waals surface area contributed by atoms with E-state index >= 15 is 0 Å². The fourth-order valence-corrected chi connectivity index (χ4v) is 5.56. The van der Waals surface area contributed by atoms with Gasteiger partial charge in [-0.15, -0.1) is 11.3 Å². The Labute approximate surface area is 180 Å². The lowest BCUT2D eigenvalue weighted by Crippen LogP contribution is -2.49. The number of alkyl halides is 2. The van der Waals surface area contributed by atoms with Gasteiger partial charge in [0.25, 0.3) is 5.91 Å². The number of aliphatic imine (C=N–C) groups is 1. The van der Waals surface area contributed by atoms with Crippen LogP contribution in [0, 0.1) is 5.92 Å². The topological polar surface area (TPSA) is 98.8 Å². The Morgan fingerprint density at radius 2 is 2.17 bits per heavy atom. The van der Waals surface area contributed by atoms with Crippen molar-refractivity contribution in [2.24, 2.45) is 16.6 Å². The summed E-state index contributed by atoms with van der Waals surface area (Å²) in [4.78, 5) is 21.8. The van der Waals surface area contributed by atoms with Crippen molar-refractivity contribution >= 4 is 40.0 Å². The second-order valence-corrected chi connectivity index (χ2v) is 9.03. The van der Waals surface area contributed by atoms with Gasteiger partial charge in [0.1, 0.15) is 22.1 Å². The molecule has 0 aliphatic carbocycles. The summed E-state index contributed by atoms with van der Waals surface area (Å²) in [5.41, 5.74) is 5.68. The number of aromatic nitrogens is 1. The molecule has 30 heavy (non-hydrogen) atoms. The van der Waals surface area contributed by atoms with E-state index in [2.05, 4.69) is 15.0 Å². The second kappa shape index (κ2) is 8.48. The van der Waals surface area contributed by atoms with Crippen molar-refractivity contribution in [1.29, 1.82) is 0 Å². The molecule has 1 fully saturated rings. The van der Waals surface area contributed by atoms with E-state index < -0.39 is 18.1 Å². The third-order valence-corrected chi connectivity index (χ3v) is 7.04. The summed E-state index contributed by atoms with van der Waals surface area (Å²) in [7, 11) is 0. The van der Waals surface area contributed by atoms with Crippen LogP contribution < -0.4 is 15.8 Å². The number of nitrogens with zero attached hydrogens (tertiary/aromatic N) is 2. The van der Waals surface area contributed by atoms with E-state index in [1.807, 2.05) is 6.92 Å². The van der Waals surface area contributed by atoms with Crippen molar-refractivity contribution in [3.8, 4) is 5.75 Å². The van der Waals surface area contributed by atoms with E-state index in [4.69, 9.17) is 15.5 Å². The molecule has 160 valence electrons. The molecule has 0 bridgehead atoms. The largest absolute Gasteiger partial charge is 0.435 e. The predicted molar refractivity (Wildman–Crippen MR) is 112 cm³/mol. The van der Waals surface area contributed by atoms with Crippen LogP contribution >= 0.6 is 23.1 Å². The Morgan fingerprint density at radius 3 is 2.90 bits per heavy atom. The van der Waals surface area contributed by atoms with Crippen LogP contribution in [0.25, 0.3) is 0 Å². The Hall–Kier alpha value is -2.24. The first-order valence-electron chi connectivity index (χ1n) is 9.27.